The van der Waals surface area contributed by atoms with Crippen molar-refractivity contribution in [1.82, 2.24) is 0 Å². The van der Waals surface area contributed by atoms with Gasteiger partial charge in [0.2, 0.25) is 5.78 Å². The third kappa shape index (κ3) is 4.02. The number of aliphatic imine (C=N–C) groups is 2. The molecule has 2 aromatic carbocycles. The van der Waals surface area contributed by atoms with Gasteiger partial charge in [-0.05, 0) is 35.4 Å². The van der Waals surface area contributed by atoms with Gasteiger partial charge in [-0.1, -0.05) is 24.3 Å². The monoisotopic (exact) mass is 348 g/mol. The van der Waals surface area contributed by atoms with E-state index in [1.807, 2.05) is 48.5 Å². The number of carbonyl (C=O) groups excluding carboxylic acids is 1. The molecule has 1 aliphatic heterocycles. The number of benzene rings is 2. The summed E-state index contributed by atoms with van der Waals surface area (Å²) >= 11 is 0. The van der Waals surface area contributed by atoms with Crippen molar-refractivity contribution in [2.24, 2.45) is 27.2 Å². The van der Waals surface area contributed by atoms with Gasteiger partial charge in [0.15, 0.2) is 11.7 Å². The lowest BCUT2D eigenvalue weighted by Crippen LogP contribution is -2.30. The van der Waals surface area contributed by atoms with Crippen molar-refractivity contribution >= 4 is 28.8 Å². The van der Waals surface area contributed by atoms with Crippen molar-refractivity contribution in [3.8, 4) is 0 Å². The molecule has 1 aliphatic rings. The van der Waals surface area contributed by atoms with Crippen LogP contribution in [0, 0.1) is 0 Å². The summed E-state index contributed by atoms with van der Waals surface area (Å²) < 4.78 is 0. The second-order valence-electron chi connectivity index (χ2n) is 5.75. The van der Waals surface area contributed by atoms with Crippen LogP contribution in [0.15, 0.2) is 70.3 Å². The molecule has 0 bridgehead atoms. The maximum Gasteiger partial charge on any atom is 0.222 e. The number of hydrogen-bond acceptors (Lipinski definition) is 6. The van der Waals surface area contributed by atoms with Gasteiger partial charge in [0.1, 0.15) is 0 Å². The number of nitrogens with one attached hydrogen (secondary N) is 1. The van der Waals surface area contributed by atoms with Crippen LogP contribution in [0.2, 0.25) is 0 Å². The average molecular weight is 348 g/mol. The van der Waals surface area contributed by atoms with Crippen molar-refractivity contribution in [1.29, 1.82) is 0 Å². The van der Waals surface area contributed by atoms with Crippen LogP contribution in [0.5, 0.6) is 0 Å². The van der Waals surface area contributed by atoms with Crippen molar-refractivity contribution < 1.29 is 4.79 Å². The predicted octanol–water partition coefficient (Wildman–Crippen LogP) is 1.57. The molecular formula is C19H20N6O. The summed E-state index contributed by atoms with van der Waals surface area (Å²) in [6.45, 7) is 0.926. The number of anilines is 1. The Balaban J connectivity index is 1.90. The van der Waals surface area contributed by atoms with E-state index < -0.39 is 0 Å². The zero-order chi connectivity index (χ0) is 18.5. The van der Waals surface area contributed by atoms with E-state index in [-0.39, 0.29) is 11.6 Å². The van der Waals surface area contributed by atoms with Crippen LogP contribution < -0.4 is 22.5 Å². The Hall–Kier alpha value is -3.29. The lowest BCUT2D eigenvalue weighted by atomic mass is 10.1. The number of nitrogens with two attached hydrogens (primary N) is 3. The highest BCUT2D eigenvalue weighted by molar-refractivity contribution is 6.47. The second kappa shape index (κ2) is 7.73. The van der Waals surface area contributed by atoms with Gasteiger partial charge in [0.25, 0.3) is 0 Å². The molecule has 1 heterocycles. The molecule has 3 rings (SSSR count). The first kappa shape index (κ1) is 17.5. The quantitative estimate of drug-likeness (QED) is 0.651. The summed E-state index contributed by atoms with van der Waals surface area (Å²) in [4.78, 5) is 20.5. The summed E-state index contributed by atoms with van der Waals surface area (Å²) in [6.07, 6.45) is 1.40. The Morgan fingerprint density at radius 2 is 1.50 bits per heavy atom. The molecule has 132 valence electrons. The van der Waals surface area contributed by atoms with Crippen LogP contribution in [-0.2, 0) is 17.9 Å². The minimum atomic E-state index is -0.358. The molecule has 7 heteroatoms. The highest BCUT2D eigenvalue weighted by atomic mass is 16.1. The molecule has 7 N–H and O–H groups in total. The maximum atomic E-state index is 11.9. The number of dihydropyridines is 1. The topological polar surface area (TPSA) is 132 Å². The second-order valence-corrected chi connectivity index (χ2v) is 5.75. The molecule has 26 heavy (non-hydrogen) atoms. The Morgan fingerprint density at radius 1 is 0.923 bits per heavy atom. The normalized spacial score (nSPS) is 15.6. The summed E-state index contributed by atoms with van der Waals surface area (Å²) in [7, 11) is 0. The highest BCUT2D eigenvalue weighted by Crippen LogP contribution is 2.19. The van der Waals surface area contributed by atoms with Gasteiger partial charge in [-0.3, -0.25) is 4.79 Å². The van der Waals surface area contributed by atoms with E-state index in [1.54, 1.807) is 0 Å². The molecule has 0 amide bonds. The number of nitrogens with zero attached hydrogens (tertiary/aromatic N) is 2. The molecule has 0 saturated carbocycles. The van der Waals surface area contributed by atoms with E-state index in [2.05, 4.69) is 15.3 Å². The first-order chi connectivity index (χ1) is 12.6. The van der Waals surface area contributed by atoms with Gasteiger partial charge in [-0.2, -0.15) is 0 Å². The summed E-state index contributed by atoms with van der Waals surface area (Å²) in [5, 5.41) is 3.16. The van der Waals surface area contributed by atoms with Crippen LogP contribution in [0.1, 0.15) is 11.1 Å². The molecule has 0 atom stereocenters. The third-order valence-corrected chi connectivity index (χ3v) is 3.87. The van der Waals surface area contributed by atoms with Crippen LogP contribution in [-0.4, -0.2) is 17.5 Å². The molecule has 0 unspecified atom stereocenters. The first-order valence-corrected chi connectivity index (χ1v) is 8.13. The van der Waals surface area contributed by atoms with Crippen molar-refractivity contribution in [3.05, 3.63) is 71.4 Å². The zero-order valence-corrected chi connectivity index (χ0v) is 14.1. The SMILES string of the molecule is NCc1ccc(N=C2N=C(N)C(=O)C=C2Nc2ccc(CN)cc2)cc1. The number of rotatable bonds is 5. The minimum Gasteiger partial charge on any atom is -0.380 e. The Labute approximate surface area is 151 Å². The fourth-order valence-corrected chi connectivity index (χ4v) is 2.38. The molecule has 0 aliphatic carbocycles. The fraction of sp³-hybridized carbons (Fsp3) is 0.105. The molecule has 0 aromatic heterocycles. The Kier molecular flexibility index (Phi) is 5.21. The van der Waals surface area contributed by atoms with Gasteiger partial charge in [0.05, 0.1) is 11.4 Å². The smallest absolute Gasteiger partial charge is 0.222 e. The van der Waals surface area contributed by atoms with E-state index in [0.29, 0.717) is 30.3 Å². The molecule has 0 saturated heterocycles. The van der Waals surface area contributed by atoms with Crippen molar-refractivity contribution in [2.75, 3.05) is 5.32 Å². The lowest BCUT2D eigenvalue weighted by Gasteiger charge is -2.15. The molecule has 0 fully saturated rings. The molecular weight excluding hydrogens is 328 g/mol. The van der Waals surface area contributed by atoms with Gasteiger partial charge < -0.3 is 22.5 Å². The molecule has 0 spiro atoms. The standard InChI is InChI=1S/C19H20N6O/c20-10-12-1-5-14(6-2-12)23-16-9-17(26)18(22)25-19(16)24-15-7-3-13(11-21)4-8-15/h1-9,23H,10-11,20-21H2,(H2,22,24,25). The van der Waals surface area contributed by atoms with Crippen LogP contribution in [0.4, 0.5) is 11.4 Å². The minimum absolute atomic E-state index is 0.0913. The Morgan fingerprint density at radius 3 is 2.08 bits per heavy atom. The first-order valence-electron chi connectivity index (χ1n) is 8.13. The van der Waals surface area contributed by atoms with Gasteiger partial charge in [0, 0.05) is 24.9 Å². The fourth-order valence-electron chi connectivity index (χ4n) is 2.38. The van der Waals surface area contributed by atoms with E-state index in [9.17, 15) is 4.79 Å². The van der Waals surface area contributed by atoms with Gasteiger partial charge in [-0.15, -0.1) is 0 Å². The van der Waals surface area contributed by atoms with Crippen LogP contribution in [0.3, 0.4) is 0 Å². The third-order valence-electron chi connectivity index (χ3n) is 3.87. The van der Waals surface area contributed by atoms with Gasteiger partial charge in [-0.25, -0.2) is 9.98 Å². The Bertz CT molecular complexity index is 895. The number of amidine groups is 2. The lowest BCUT2D eigenvalue weighted by molar-refractivity contribution is -0.109. The molecule has 2 aromatic rings. The number of carbonyl (C=O) groups is 1. The van der Waals surface area contributed by atoms with Gasteiger partial charge >= 0.3 is 0 Å². The summed E-state index contributed by atoms with van der Waals surface area (Å²) in [5.41, 5.74) is 20.9. The van der Waals surface area contributed by atoms with Crippen LogP contribution in [0.25, 0.3) is 0 Å². The molecule has 0 radical (unpaired) electrons. The number of ketones is 1. The molecule has 7 nitrogen and oxygen atoms in total. The van der Waals surface area contributed by atoms with Crippen LogP contribution >= 0.6 is 0 Å². The van der Waals surface area contributed by atoms with Crippen molar-refractivity contribution in [2.45, 2.75) is 13.1 Å². The van der Waals surface area contributed by atoms with E-state index in [1.165, 1.54) is 6.08 Å². The van der Waals surface area contributed by atoms with Crippen molar-refractivity contribution in [3.63, 3.8) is 0 Å². The largest absolute Gasteiger partial charge is 0.380 e. The average Bonchev–Trinajstić information content (AvgIpc) is 2.67. The van der Waals surface area contributed by atoms with E-state index in [0.717, 1.165) is 16.8 Å². The zero-order valence-electron chi connectivity index (χ0n) is 14.1. The predicted molar refractivity (Wildman–Crippen MR) is 104 cm³/mol. The van der Waals surface area contributed by atoms with E-state index in [4.69, 9.17) is 17.2 Å². The maximum absolute atomic E-state index is 11.9. The highest BCUT2D eigenvalue weighted by Gasteiger charge is 2.19. The van der Waals surface area contributed by atoms with E-state index >= 15 is 0 Å². The number of hydrogen-bond donors (Lipinski definition) is 4. The summed E-state index contributed by atoms with van der Waals surface area (Å²) in [5.74, 6) is -0.111. The summed E-state index contributed by atoms with van der Waals surface area (Å²) in [6, 6.07) is 15.0.